The number of phenols is 2. The Kier molecular flexibility index (Phi) is 4.52. The fourth-order valence-corrected chi connectivity index (χ4v) is 1.58. The van der Waals surface area contributed by atoms with E-state index in [0.717, 1.165) is 27.4 Å². The molecule has 108 valence electrons. The second kappa shape index (κ2) is 5.91. The second-order valence-electron chi connectivity index (χ2n) is 3.51. The summed E-state index contributed by atoms with van der Waals surface area (Å²) in [6.45, 7) is 0. The van der Waals surface area contributed by atoms with Crippen molar-refractivity contribution in [3.63, 3.8) is 0 Å². The number of phenolic OH excluding ortho intramolecular Hbond substituents is 2. The molecule has 1 rings (SSSR count). The molecule has 0 atom stereocenters. The lowest BCUT2D eigenvalue weighted by Crippen LogP contribution is -2.18. The highest BCUT2D eigenvalue weighted by Gasteiger charge is 2.32. The first-order valence-electron chi connectivity index (χ1n) is 5.22. The van der Waals surface area contributed by atoms with Gasteiger partial charge in [-0.25, -0.2) is 14.4 Å². The van der Waals surface area contributed by atoms with Gasteiger partial charge in [-0.15, -0.1) is 0 Å². The van der Waals surface area contributed by atoms with Crippen molar-refractivity contribution in [2.75, 3.05) is 21.3 Å². The smallest absolute Gasteiger partial charge is 0.342 e. The average molecular weight is 284 g/mol. The molecule has 2 N–H and O–H groups in total. The minimum absolute atomic E-state index is 0.599. The van der Waals surface area contributed by atoms with Crippen LogP contribution in [0.5, 0.6) is 11.5 Å². The van der Waals surface area contributed by atoms with Crippen molar-refractivity contribution in [3.05, 3.63) is 22.8 Å². The molecule has 0 fully saturated rings. The zero-order valence-electron chi connectivity index (χ0n) is 10.9. The zero-order valence-corrected chi connectivity index (χ0v) is 10.9. The number of methoxy groups -OCH3 is 3. The number of aromatic hydroxyl groups is 2. The van der Waals surface area contributed by atoms with E-state index in [9.17, 15) is 24.6 Å². The molecule has 1 aromatic carbocycles. The summed E-state index contributed by atoms with van der Waals surface area (Å²) in [5.74, 6) is -4.73. The minimum Gasteiger partial charge on any atom is -0.507 e. The predicted molar refractivity (Wildman–Crippen MR) is 63.8 cm³/mol. The van der Waals surface area contributed by atoms with Crippen LogP contribution in [0, 0.1) is 0 Å². The molecule has 0 spiro atoms. The van der Waals surface area contributed by atoms with E-state index >= 15 is 0 Å². The maximum atomic E-state index is 11.7. The van der Waals surface area contributed by atoms with Crippen molar-refractivity contribution >= 4 is 17.9 Å². The molecule has 0 unspecified atom stereocenters. The third-order valence-corrected chi connectivity index (χ3v) is 2.45. The van der Waals surface area contributed by atoms with Crippen molar-refractivity contribution in [3.8, 4) is 11.5 Å². The first kappa shape index (κ1) is 15.3. The number of hydrogen-bond donors (Lipinski definition) is 2. The van der Waals surface area contributed by atoms with Crippen LogP contribution < -0.4 is 0 Å². The Morgan fingerprint density at radius 2 is 1.05 bits per heavy atom. The molecule has 0 amide bonds. The van der Waals surface area contributed by atoms with E-state index in [4.69, 9.17) is 0 Å². The normalized spacial score (nSPS) is 9.75. The maximum absolute atomic E-state index is 11.7. The van der Waals surface area contributed by atoms with E-state index in [-0.39, 0.29) is 0 Å². The van der Waals surface area contributed by atoms with Crippen molar-refractivity contribution in [2.45, 2.75) is 0 Å². The van der Waals surface area contributed by atoms with Gasteiger partial charge in [-0.2, -0.15) is 0 Å². The average Bonchev–Trinajstić information content (AvgIpc) is 2.44. The summed E-state index contributed by atoms with van der Waals surface area (Å²) < 4.78 is 13.3. The molecule has 0 aliphatic heterocycles. The van der Waals surface area contributed by atoms with Gasteiger partial charge in [-0.1, -0.05) is 0 Å². The SMILES string of the molecule is COC(=O)c1c(O)cc(O)c(C(=O)OC)c1C(=O)OC. The first-order valence-corrected chi connectivity index (χ1v) is 5.22. The Bertz CT molecular complexity index is 535. The van der Waals surface area contributed by atoms with Crippen LogP contribution in [0.1, 0.15) is 31.1 Å². The minimum atomic E-state index is -1.11. The van der Waals surface area contributed by atoms with E-state index < -0.39 is 46.1 Å². The fourth-order valence-electron chi connectivity index (χ4n) is 1.58. The van der Waals surface area contributed by atoms with Crippen molar-refractivity contribution in [1.82, 2.24) is 0 Å². The molecule has 0 aliphatic carbocycles. The monoisotopic (exact) mass is 284 g/mol. The maximum Gasteiger partial charge on any atom is 0.342 e. The van der Waals surface area contributed by atoms with Gasteiger partial charge >= 0.3 is 17.9 Å². The Labute approximate surface area is 113 Å². The molecular formula is C12H12O8. The third kappa shape index (κ3) is 2.48. The lowest BCUT2D eigenvalue weighted by atomic mass is 9.98. The van der Waals surface area contributed by atoms with Gasteiger partial charge in [-0.05, 0) is 0 Å². The van der Waals surface area contributed by atoms with Gasteiger partial charge in [0.15, 0.2) is 0 Å². The number of benzene rings is 1. The highest BCUT2D eigenvalue weighted by Crippen LogP contribution is 2.33. The lowest BCUT2D eigenvalue weighted by Gasteiger charge is -2.13. The summed E-state index contributed by atoms with van der Waals surface area (Å²) >= 11 is 0. The largest absolute Gasteiger partial charge is 0.507 e. The molecule has 0 saturated heterocycles. The second-order valence-corrected chi connectivity index (χ2v) is 3.51. The van der Waals surface area contributed by atoms with Crippen molar-refractivity contribution < 1.29 is 38.8 Å². The molecule has 0 aromatic heterocycles. The van der Waals surface area contributed by atoms with E-state index in [1.165, 1.54) is 0 Å². The van der Waals surface area contributed by atoms with Crippen LogP contribution in [0.4, 0.5) is 0 Å². The summed E-state index contributed by atoms with van der Waals surface area (Å²) in [6.07, 6.45) is 0. The van der Waals surface area contributed by atoms with Crippen LogP contribution in [0.15, 0.2) is 6.07 Å². The van der Waals surface area contributed by atoms with Gasteiger partial charge in [0.25, 0.3) is 0 Å². The van der Waals surface area contributed by atoms with Crippen LogP contribution >= 0.6 is 0 Å². The third-order valence-electron chi connectivity index (χ3n) is 2.45. The Morgan fingerprint density at radius 3 is 1.35 bits per heavy atom. The predicted octanol–water partition coefficient (Wildman–Crippen LogP) is 0.458. The molecule has 0 heterocycles. The standard InChI is InChI=1S/C12H12O8/c1-18-10(15)7-5(13)4-6(14)8(11(16)19-2)9(7)12(17)20-3/h4,13-14H,1-3H3. The van der Waals surface area contributed by atoms with Crippen LogP contribution in [-0.4, -0.2) is 49.5 Å². The summed E-state index contributed by atoms with van der Waals surface area (Å²) in [5.41, 5.74) is -1.83. The number of ether oxygens (including phenoxy) is 3. The molecule has 0 aliphatic rings. The Balaban J connectivity index is 3.79. The summed E-state index contributed by atoms with van der Waals surface area (Å²) in [7, 11) is 3.05. The highest BCUT2D eigenvalue weighted by atomic mass is 16.5. The van der Waals surface area contributed by atoms with Gasteiger partial charge in [0, 0.05) is 6.07 Å². The Hall–Kier alpha value is -2.77. The van der Waals surface area contributed by atoms with Gasteiger partial charge in [0.2, 0.25) is 0 Å². The molecule has 1 aromatic rings. The van der Waals surface area contributed by atoms with E-state index in [2.05, 4.69) is 14.2 Å². The first-order chi connectivity index (χ1) is 9.38. The van der Waals surface area contributed by atoms with Crippen LogP contribution in [0.3, 0.4) is 0 Å². The number of esters is 3. The van der Waals surface area contributed by atoms with Crippen LogP contribution in [-0.2, 0) is 14.2 Å². The zero-order chi connectivity index (χ0) is 15.4. The van der Waals surface area contributed by atoms with E-state index in [1.807, 2.05) is 0 Å². The molecular weight excluding hydrogens is 272 g/mol. The topological polar surface area (TPSA) is 119 Å². The van der Waals surface area contributed by atoms with Gasteiger partial charge in [-0.3, -0.25) is 0 Å². The molecule has 20 heavy (non-hydrogen) atoms. The molecule has 0 bridgehead atoms. The van der Waals surface area contributed by atoms with E-state index in [1.54, 1.807) is 0 Å². The number of rotatable bonds is 3. The number of hydrogen-bond acceptors (Lipinski definition) is 8. The van der Waals surface area contributed by atoms with E-state index in [0.29, 0.717) is 0 Å². The van der Waals surface area contributed by atoms with Gasteiger partial charge < -0.3 is 24.4 Å². The highest BCUT2D eigenvalue weighted by molar-refractivity contribution is 6.13. The van der Waals surface area contributed by atoms with Crippen LogP contribution in [0.2, 0.25) is 0 Å². The lowest BCUT2D eigenvalue weighted by molar-refractivity contribution is 0.0531. The Morgan fingerprint density at radius 1 is 0.750 bits per heavy atom. The summed E-state index contributed by atoms with van der Waals surface area (Å²) in [6, 6.07) is 0.727. The van der Waals surface area contributed by atoms with Gasteiger partial charge in [0.05, 0.1) is 26.9 Å². The van der Waals surface area contributed by atoms with Gasteiger partial charge in [0.1, 0.15) is 22.6 Å². The fraction of sp³-hybridized carbons (Fsp3) is 0.250. The molecule has 8 nitrogen and oxygen atoms in total. The summed E-state index contributed by atoms with van der Waals surface area (Å²) in [5, 5.41) is 19.4. The quantitative estimate of drug-likeness (QED) is 0.606. The van der Waals surface area contributed by atoms with Crippen LogP contribution in [0.25, 0.3) is 0 Å². The van der Waals surface area contributed by atoms with Crippen molar-refractivity contribution in [2.24, 2.45) is 0 Å². The molecule has 0 radical (unpaired) electrons. The molecule has 8 heteroatoms. The van der Waals surface area contributed by atoms with Crippen molar-refractivity contribution in [1.29, 1.82) is 0 Å². The number of carbonyl (C=O) groups is 3. The summed E-state index contributed by atoms with van der Waals surface area (Å²) in [4.78, 5) is 35.0. The molecule has 0 saturated carbocycles. The number of carbonyl (C=O) groups excluding carboxylic acids is 3.